The van der Waals surface area contributed by atoms with Gasteiger partial charge in [0, 0.05) is 44.4 Å². The minimum atomic E-state index is 0.909. The number of benzene rings is 8. The van der Waals surface area contributed by atoms with Crippen molar-refractivity contribution in [2.45, 2.75) is 0 Å². The van der Waals surface area contributed by atoms with Crippen molar-refractivity contribution in [1.29, 1.82) is 0 Å². The fourth-order valence-electron chi connectivity index (χ4n) is 8.91. The summed E-state index contributed by atoms with van der Waals surface area (Å²) in [5.74, 6) is 0. The van der Waals surface area contributed by atoms with Gasteiger partial charge in [-0.15, -0.1) is 0 Å². The van der Waals surface area contributed by atoms with E-state index in [4.69, 9.17) is 19.9 Å². The molecule has 278 valence electrons. The zero-order chi connectivity index (χ0) is 39.6. The van der Waals surface area contributed by atoms with Crippen molar-refractivity contribution in [3.05, 3.63) is 206 Å². The molecule has 0 aliphatic carbocycles. The number of fused-ring (bicyclic) bond motifs is 7. The lowest BCUT2D eigenvalue weighted by atomic mass is 9.88. The second kappa shape index (κ2) is 13.8. The van der Waals surface area contributed by atoms with Crippen molar-refractivity contribution in [3.8, 4) is 56.0 Å². The van der Waals surface area contributed by atoms with Crippen LogP contribution in [-0.2, 0) is 0 Å². The topological polar surface area (TPSA) is 51.6 Å². The second-order valence-electron chi connectivity index (χ2n) is 15.4. The first kappa shape index (κ1) is 34.0. The van der Waals surface area contributed by atoms with Gasteiger partial charge in [-0.2, -0.15) is 0 Å². The molecule has 0 unspecified atom stereocenters. The average molecular weight is 763 g/mol. The van der Waals surface area contributed by atoms with Gasteiger partial charge in [0.25, 0.3) is 0 Å². The van der Waals surface area contributed by atoms with E-state index < -0.39 is 0 Å². The summed E-state index contributed by atoms with van der Waals surface area (Å²) >= 11 is 0. The third-order valence-electron chi connectivity index (χ3n) is 11.9. The zero-order valence-electron chi connectivity index (χ0n) is 32.4. The molecule has 0 N–H and O–H groups in total. The van der Waals surface area contributed by atoms with Crippen molar-refractivity contribution < 1.29 is 0 Å². The summed E-state index contributed by atoms with van der Waals surface area (Å²) in [4.78, 5) is 20.5. The maximum Gasteiger partial charge on any atom is 0.0972 e. The van der Waals surface area contributed by atoms with E-state index in [0.717, 1.165) is 110 Å². The molecule has 4 aromatic heterocycles. The van der Waals surface area contributed by atoms with E-state index in [2.05, 4.69) is 188 Å². The first-order valence-electron chi connectivity index (χ1n) is 20.3. The van der Waals surface area contributed by atoms with Crippen LogP contribution < -0.4 is 0 Å². The minimum absolute atomic E-state index is 0.909. The predicted octanol–water partition coefficient (Wildman–Crippen LogP) is 14.5. The first-order valence-corrected chi connectivity index (χ1v) is 20.3. The maximum atomic E-state index is 5.41. The van der Waals surface area contributed by atoms with Crippen LogP contribution in [0.15, 0.2) is 206 Å². The van der Waals surface area contributed by atoms with Crippen molar-refractivity contribution in [2.75, 3.05) is 0 Å². The molecule has 4 heteroatoms. The number of aromatic nitrogens is 4. The Bertz CT molecular complexity index is 3590. The fraction of sp³-hybridized carbons (Fsp3) is 0. The molecule has 0 bridgehead atoms. The monoisotopic (exact) mass is 762 g/mol. The Morgan fingerprint density at radius 1 is 0.267 bits per heavy atom. The number of nitrogens with zero attached hydrogens (tertiary/aromatic N) is 4. The Balaban J connectivity index is 0.937. The smallest absolute Gasteiger partial charge is 0.0972 e. The van der Waals surface area contributed by atoms with Crippen LogP contribution in [0.3, 0.4) is 0 Å². The quantitative estimate of drug-likeness (QED) is 0.129. The molecule has 0 spiro atoms. The lowest BCUT2D eigenvalue weighted by Gasteiger charge is -2.17. The SMILES string of the molecule is c1ccc(-c2ccc(-c3ccc4cc(-c5ccc6ccc(-c7c8ccccc8c(-c8ccc9ccc%10cccnc%10c9n8)c8ccccc78)nc6c5)ccc4n3)cc2)cc1. The van der Waals surface area contributed by atoms with E-state index >= 15 is 0 Å². The lowest BCUT2D eigenvalue weighted by Crippen LogP contribution is -1.95. The summed E-state index contributed by atoms with van der Waals surface area (Å²) in [6.07, 6.45) is 1.84. The zero-order valence-corrected chi connectivity index (χ0v) is 32.4. The summed E-state index contributed by atoms with van der Waals surface area (Å²) in [6.45, 7) is 0. The summed E-state index contributed by atoms with van der Waals surface area (Å²) in [6, 6.07) is 70.8. The first-order chi connectivity index (χ1) is 29.7. The van der Waals surface area contributed by atoms with E-state index in [1.54, 1.807) is 0 Å². The van der Waals surface area contributed by atoms with Crippen LogP contribution in [0, 0.1) is 0 Å². The Morgan fingerprint density at radius 2 is 0.767 bits per heavy atom. The van der Waals surface area contributed by atoms with Gasteiger partial charge in [0.2, 0.25) is 0 Å². The van der Waals surface area contributed by atoms with E-state index in [-0.39, 0.29) is 0 Å². The number of hydrogen-bond acceptors (Lipinski definition) is 4. The van der Waals surface area contributed by atoms with Crippen LogP contribution in [0.2, 0.25) is 0 Å². The molecular formula is C56H34N4. The van der Waals surface area contributed by atoms with Crippen LogP contribution >= 0.6 is 0 Å². The highest BCUT2D eigenvalue weighted by molar-refractivity contribution is 6.21. The molecule has 4 heterocycles. The van der Waals surface area contributed by atoms with Crippen LogP contribution in [0.25, 0.3) is 121 Å². The van der Waals surface area contributed by atoms with E-state index in [1.165, 1.54) is 11.1 Å². The molecule has 0 aliphatic rings. The van der Waals surface area contributed by atoms with E-state index in [1.807, 2.05) is 18.3 Å². The Labute approximate surface area is 346 Å². The predicted molar refractivity (Wildman–Crippen MR) is 250 cm³/mol. The molecule has 60 heavy (non-hydrogen) atoms. The van der Waals surface area contributed by atoms with Gasteiger partial charge in [0.1, 0.15) is 0 Å². The highest BCUT2D eigenvalue weighted by atomic mass is 14.8. The normalized spacial score (nSPS) is 11.7. The minimum Gasteiger partial charge on any atom is -0.254 e. The molecule has 0 saturated heterocycles. The van der Waals surface area contributed by atoms with Crippen LogP contribution in [0.5, 0.6) is 0 Å². The third kappa shape index (κ3) is 5.69. The Hall–Kier alpha value is -8.08. The fourth-order valence-corrected chi connectivity index (χ4v) is 8.91. The summed E-state index contributed by atoms with van der Waals surface area (Å²) in [7, 11) is 0. The van der Waals surface area contributed by atoms with Crippen molar-refractivity contribution in [1.82, 2.24) is 19.9 Å². The number of rotatable bonds is 5. The third-order valence-corrected chi connectivity index (χ3v) is 11.9. The molecule has 12 rings (SSSR count). The molecule has 0 fully saturated rings. The van der Waals surface area contributed by atoms with Gasteiger partial charge in [0.05, 0.1) is 39.1 Å². The number of hydrogen-bond donors (Lipinski definition) is 0. The summed E-state index contributed by atoms with van der Waals surface area (Å²) in [5.41, 5.74) is 14.6. The largest absolute Gasteiger partial charge is 0.254 e. The average Bonchev–Trinajstić information content (AvgIpc) is 3.32. The van der Waals surface area contributed by atoms with Gasteiger partial charge in [-0.05, 0) is 86.3 Å². The highest BCUT2D eigenvalue weighted by Gasteiger charge is 2.19. The van der Waals surface area contributed by atoms with Gasteiger partial charge in [-0.1, -0.05) is 158 Å². The van der Waals surface area contributed by atoms with Gasteiger partial charge in [-0.3, -0.25) is 4.98 Å². The Kier molecular flexibility index (Phi) is 7.82. The second-order valence-corrected chi connectivity index (χ2v) is 15.4. The Morgan fingerprint density at radius 3 is 1.50 bits per heavy atom. The molecule has 0 aliphatic heterocycles. The van der Waals surface area contributed by atoms with Crippen LogP contribution in [0.4, 0.5) is 0 Å². The van der Waals surface area contributed by atoms with Crippen LogP contribution in [0.1, 0.15) is 0 Å². The molecule has 8 aromatic carbocycles. The summed E-state index contributed by atoms with van der Waals surface area (Å²) in [5, 5.41) is 8.91. The van der Waals surface area contributed by atoms with Gasteiger partial charge >= 0.3 is 0 Å². The van der Waals surface area contributed by atoms with E-state index in [0.29, 0.717) is 0 Å². The van der Waals surface area contributed by atoms with Crippen LogP contribution in [-0.4, -0.2) is 19.9 Å². The molecule has 0 saturated carbocycles. The van der Waals surface area contributed by atoms with Crippen molar-refractivity contribution in [3.63, 3.8) is 0 Å². The molecule has 0 atom stereocenters. The van der Waals surface area contributed by atoms with Gasteiger partial charge in [0.15, 0.2) is 0 Å². The number of pyridine rings is 4. The lowest BCUT2D eigenvalue weighted by molar-refractivity contribution is 1.38. The van der Waals surface area contributed by atoms with E-state index in [9.17, 15) is 0 Å². The standard InChI is InChI=1S/C56H34N4/c1-2-9-35(10-3-1)36-16-18-37(19-17-36)48-29-27-43-33-41(26-28-49(43)58-48)42-23-20-38-24-30-50(59-52(38)34-42)53-44-12-4-6-14-46(44)54(47-15-7-5-13-45(47)53)51-31-25-40-22-21-39-11-8-32-57-55(39)56(40)60-51/h1-34H. The van der Waals surface area contributed by atoms with Crippen molar-refractivity contribution in [2.24, 2.45) is 0 Å². The van der Waals surface area contributed by atoms with Crippen molar-refractivity contribution >= 4 is 65.2 Å². The molecule has 0 amide bonds. The highest BCUT2D eigenvalue weighted by Crippen LogP contribution is 2.43. The van der Waals surface area contributed by atoms with Gasteiger partial charge in [-0.25, -0.2) is 15.0 Å². The summed E-state index contributed by atoms with van der Waals surface area (Å²) < 4.78 is 0. The molecular weight excluding hydrogens is 729 g/mol. The molecule has 0 radical (unpaired) electrons. The maximum absolute atomic E-state index is 5.41. The van der Waals surface area contributed by atoms with Gasteiger partial charge < -0.3 is 0 Å². The molecule has 12 aromatic rings. The molecule has 4 nitrogen and oxygen atoms in total.